The highest BCUT2D eigenvalue weighted by Crippen LogP contribution is 2.31. The Balaban J connectivity index is 1.52. The second-order valence-electron chi connectivity index (χ2n) is 7.61. The molecule has 6 heteroatoms. The van der Waals surface area contributed by atoms with Crippen LogP contribution in [0.5, 0.6) is 0 Å². The molecule has 1 aromatic heterocycles. The van der Waals surface area contributed by atoms with Crippen molar-refractivity contribution in [1.29, 1.82) is 0 Å². The largest absolute Gasteiger partial charge is 0.444 e. The van der Waals surface area contributed by atoms with E-state index in [1.165, 1.54) is 0 Å². The third kappa shape index (κ3) is 5.48. The van der Waals surface area contributed by atoms with Gasteiger partial charge in [-0.3, -0.25) is 0 Å². The summed E-state index contributed by atoms with van der Waals surface area (Å²) < 4.78 is 6.61. The maximum atomic E-state index is 12.3. The molecular weight excluding hydrogens is 364 g/mol. The molecule has 1 unspecified atom stereocenters. The standard InChI is InChI=1S/C20H26N2O2S2/c1-20(2,3)24-19(23)22-11-7-8-15(12-22)13-25-18-21-17(14-26-18)16-9-5-4-6-10-16/h4-6,9-10,14-15H,7-8,11-13H2,1-3H3. The molecule has 140 valence electrons. The lowest BCUT2D eigenvalue weighted by molar-refractivity contribution is 0.0177. The summed E-state index contributed by atoms with van der Waals surface area (Å²) >= 11 is 3.49. The number of hydrogen-bond donors (Lipinski definition) is 0. The highest BCUT2D eigenvalue weighted by molar-refractivity contribution is 8.01. The SMILES string of the molecule is CC(C)(C)OC(=O)N1CCCC(CSc2nc(-c3ccccc3)cs2)C1. The number of rotatable bonds is 4. The molecule has 1 atom stereocenters. The van der Waals surface area contributed by atoms with Gasteiger partial charge in [-0.25, -0.2) is 9.78 Å². The van der Waals surface area contributed by atoms with Gasteiger partial charge in [-0.1, -0.05) is 42.1 Å². The van der Waals surface area contributed by atoms with Crippen LogP contribution in [-0.4, -0.2) is 40.4 Å². The molecule has 26 heavy (non-hydrogen) atoms. The molecule has 1 aromatic carbocycles. The average Bonchev–Trinajstić information content (AvgIpc) is 3.09. The number of hydrogen-bond acceptors (Lipinski definition) is 5. The van der Waals surface area contributed by atoms with Gasteiger partial charge in [-0.15, -0.1) is 11.3 Å². The van der Waals surface area contributed by atoms with Crippen molar-refractivity contribution in [2.45, 2.75) is 43.6 Å². The van der Waals surface area contributed by atoms with Gasteiger partial charge in [0.2, 0.25) is 0 Å². The van der Waals surface area contributed by atoms with E-state index in [1.54, 1.807) is 23.1 Å². The molecule has 1 aliphatic heterocycles. The van der Waals surface area contributed by atoms with Crippen molar-refractivity contribution < 1.29 is 9.53 Å². The lowest BCUT2D eigenvalue weighted by Gasteiger charge is -2.33. The van der Waals surface area contributed by atoms with Crippen molar-refractivity contribution in [2.24, 2.45) is 5.92 Å². The lowest BCUT2D eigenvalue weighted by Crippen LogP contribution is -2.43. The zero-order chi connectivity index (χ0) is 18.6. The van der Waals surface area contributed by atoms with E-state index in [9.17, 15) is 4.79 Å². The molecule has 0 N–H and O–H groups in total. The quantitative estimate of drug-likeness (QED) is 0.642. The Hall–Kier alpha value is -1.53. The van der Waals surface area contributed by atoms with Gasteiger partial charge in [0.25, 0.3) is 0 Å². The van der Waals surface area contributed by atoms with Gasteiger partial charge in [0.1, 0.15) is 5.60 Å². The van der Waals surface area contributed by atoms with Gasteiger partial charge in [0.15, 0.2) is 4.34 Å². The predicted octanol–water partition coefficient (Wildman–Crippen LogP) is 5.55. The Morgan fingerprint density at radius 3 is 2.85 bits per heavy atom. The van der Waals surface area contributed by atoms with Crippen LogP contribution in [0.25, 0.3) is 11.3 Å². The molecular formula is C20H26N2O2S2. The van der Waals surface area contributed by atoms with E-state index in [4.69, 9.17) is 9.72 Å². The van der Waals surface area contributed by atoms with Crippen LogP contribution in [0.2, 0.25) is 0 Å². The Morgan fingerprint density at radius 1 is 1.35 bits per heavy atom. The van der Waals surface area contributed by atoms with Crippen molar-refractivity contribution in [3.05, 3.63) is 35.7 Å². The molecule has 1 amide bonds. The van der Waals surface area contributed by atoms with E-state index in [2.05, 4.69) is 17.5 Å². The molecule has 0 aliphatic carbocycles. The summed E-state index contributed by atoms with van der Waals surface area (Å²) in [7, 11) is 0. The number of carbonyl (C=O) groups excluding carboxylic acids is 1. The van der Waals surface area contributed by atoms with E-state index in [-0.39, 0.29) is 6.09 Å². The molecule has 1 saturated heterocycles. The summed E-state index contributed by atoms with van der Waals surface area (Å²) in [6.07, 6.45) is 2.01. The number of thiazole rings is 1. The molecule has 0 radical (unpaired) electrons. The number of nitrogens with zero attached hydrogens (tertiary/aromatic N) is 2. The summed E-state index contributed by atoms with van der Waals surface area (Å²) in [5.41, 5.74) is 1.76. The zero-order valence-electron chi connectivity index (χ0n) is 15.6. The summed E-state index contributed by atoms with van der Waals surface area (Å²) in [4.78, 5) is 18.9. The smallest absolute Gasteiger partial charge is 0.410 e. The van der Waals surface area contributed by atoms with Gasteiger partial charge in [0.05, 0.1) is 5.69 Å². The Kier molecular flexibility index (Phi) is 6.24. The summed E-state index contributed by atoms with van der Waals surface area (Å²) in [5, 5.41) is 2.12. The van der Waals surface area contributed by atoms with Gasteiger partial charge in [-0.05, 0) is 39.5 Å². The third-order valence-electron chi connectivity index (χ3n) is 4.17. The number of thioether (sulfide) groups is 1. The van der Waals surface area contributed by atoms with E-state index >= 15 is 0 Å². The van der Waals surface area contributed by atoms with E-state index in [1.807, 2.05) is 43.9 Å². The minimum atomic E-state index is -0.437. The van der Waals surface area contributed by atoms with E-state index in [0.29, 0.717) is 5.92 Å². The molecule has 3 rings (SSSR count). The summed E-state index contributed by atoms with van der Waals surface area (Å²) in [6.45, 7) is 7.31. The summed E-state index contributed by atoms with van der Waals surface area (Å²) in [6, 6.07) is 10.3. The maximum absolute atomic E-state index is 12.3. The van der Waals surface area contributed by atoms with Crippen LogP contribution in [0, 0.1) is 5.92 Å². The molecule has 2 heterocycles. The molecule has 4 nitrogen and oxygen atoms in total. The first-order valence-corrected chi connectivity index (χ1v) is 10.9. The van der Waals surface area contributed by atoms with Gasteiger partial charge in [0, 0.05) is 29.8 Å². The van der Waals surface area contributed by atoms with Crippen LogP contribution >= 0.6 is 23.1 Å². The monoisotopic (exact) mass is 390 g/mol. The first-order chi connectivity index (χ1) is 12.4. The first-order valence-electron chi connectivity index (χ1n) is 9.02. The molecule has 1 fully saturated rings. The normalized spacial score (nSPS) is 18.0. The van der Waals surface area contributed by atoms with Crippen LogP contribution in [0.1, 0.15) is 33.6 Å². The number of aromatic nitrogens is 1. The van der Waals surface area contributed by atoms with Crippen molar-refractivity contribution >= 4 is 29.2 Å². The molecule has 0 bridgehead atoms. The van der Waals surface area contributed by atoms with E-state index in [0.717, 1.165) is 47.3 Å². The second-order valence-corrected chi connectivity index (χ2v) is 9.74. The lowest BCUT2D eigenvalue weighted by atomic mass is 10.0. The molecule has 2 aromatic rings. The Morgan fingerprint density at radius 2 is 2.12 bits per heavy atom. The van der Waals surface area contributed by atoms with Crippen molar-refractivity contribution in [3.63, 3.8) is 0 Å². The van der Waals surface area contributed by atoms with Gasteiger partial charge in [-0.2, -0.15) is 0 Å². The summed E-state index contributed by atoms with van der Waals surface area (Å²) in [5.74, 6) is 1.48. The van der Waals surface area contributed by atoms with Crippen LogP contribution in [0.15, 0.2) is 40.1 Å². The fraction of sp³-hybridized carbons (Fsp3) is 0.500. The van der Waals surface area contributed by atoms with Crippen LogP contribution < -0.4 is 0 Å². The number of benzene rings is 1. The third-order valence-corrected chi connectivity index (χ3v) is 6.42. The fourth-order valence-electron chi connectivity index (χ4n) is 2.95. The first kappa shape index (κ1) is 19.2. The second kappa shape index (κ2) is 8.44. The number of likely N-dealkylation sites (tertiary alicyclic amines) is 1. The fourth-order valence-corrected chi connectivity index (χ4v) is 4.93. The number of carbonyl (C=O) groups is 1. The van der Waals surface area contributed by atoms with Gasteiger partial charge < -0.3 is 9.64 Å². The minimum absolute atomic E-state index is 0.187. The predicted molar refractivity (Wildman–Crippen MR) is 109 cm³/mol. The number of amides is 1. The van der Waals surface area contributed by atoms with E-state index < -0.39 is 5.60 Å². The topological polar surface area (TPSA) is 42.4 Å². The number of piperidine rings is 1. The molecule has 1 aliphatic rings. The average molecular weight is 391 g/mol. The Labute approximate surface area is 164 Å². The molecule has 0 saturated carbocycles. The minimum Gasteiger partial charge on any atom is -0.444 e. The number of ether oxygens (including phenoxy) is 1. The van der Waals surface area contributed by atoms with Crippen LogP contribution in [0.3, 0.4) is 0 Å². The molecule has 0 spiro atoms. The Bertz CT molecular complexity index is 725. The maximum Gasteiger partial charge on any atom is 0.410 e. The zero-order valence-corrected chi connectivity index (χ0v) is 17.2. The van der Waals surface area contributed by atoms with Crippen molar-refractivity contribution in [3.8, 4) is 11.3 Å². The van der Waals surface area contributed by atoms with Gasteiger partial charge >= 0.3 is 6.09 Å². The highest BCUT2D eigenvalue weighted by Gasteiger charge is 2.27. The highest BCUT2D eigenvalue weighted by atomic mass is 32.2. The van der Waals surface area contributed by atoms with Crippen molar-refractivity contribution in [2.75, 3.05) is 18.8 Å². The van der Waals surface area contributed by atoms with Crippen LogP contribution in [0.4, 0.5) is 4.79 Å². The van der Waals surface area contributed by atoms with Crippen LogP contribution in [-0.2, 0) is 4.74 Å². The van der Waals surface area contributed by atoms with Crippen molar-refractivity contribution in [1.82, 2.24) is 9.88 Å².